The lowest BCUT2D eigenvalue weighted by Gasteiger charge is -2.44. The first kappa shape index (κ1) is 16.4. The third-order valence-electron chi connectivity index (χ3n) is 4.40. The van der Waals surface area contributed by atoms with E-state index in [1.807, 2.05) is 0 Å². The van der Waals surface area contributed by atoms with Gasteiger partial charge in [-0.05, 0) is 38.5 Å². The second-order valence-corrected chi connectivity index (χ2v) is 6.30. The molecule has 0 bridgehead atoms. The second kappa shape index (κ2) is 5.65. The van der Waals surface area contributed by atoms with Crippen LogP contribution in [0.3, 0.4) is 0 Å². The maximum Gasteiger partial charge on any atom is 0.146 e. The van der Waals surface area contributed by atoms with Crippen molar-refractivity contribution in [1.29, 1.82) is 0 Å². The van der Waals surface area contributed by atoms with Crippen LogP contribution in [0.25, 0.3) is 0 Å². The Balaban J connectivity index is 2.64. The van der Waals surface area contributed by atoms with E-state index in [0.717, 1.165) is 0 Å². The van der Waals surface area contributed by atoms with Gasteiger partial charge >= 0.3 is 0 Å². The largest absolute Gasteiger partial charge is 0.508 e. The molecule has 1 aromatic carbocycles. The highest BCUT2D eigenvalue weighted by Gasteiger charge is 2.53. The molecule has 118 valence electrons. The molecule has 0 aliphatic heterocycles. The normalized spacial score (nSPS) is 31.8. The molecule has 0 amide bonds. The zero-order valence-electron chi connectivity index (χ0n) is 12.9. The topological polar surface area (TPSA) is 91.7 Å². The fourth-order valence-corrected chi connectivity index (χ4v) is 3.64. The Bertz CT molecular complexity index is 632. The van der Waals surface area contributed by atoms with Gasteiger partial charge in [-0.3, -0.25) is 14.4 Å². The third-order valence-corrected chi connectivity index (χ3v) is 4.40. The smallest absolute Gasteiger partial charge is 0.146 e. The first-order valence-electron chi connectivity index (χ1n) is 7.20. The van der Waals surface area contributed by atoms with Crippen LogP contribution in [0.15, 0.2) is 24.3 Å². The number of carbonyl (C=O) groups is 3. The van der Waals surface area contributed by atoms with Gasteiger partial charge in [-0.1, -0.05) is 12.1 Å². The van der Waals surface area contributed by atoms with Gasteiger partial charge in [-0.25, -0.2) is 0 Å². The number of hydrogen-bond donors (Lipinski definition) is 2. The lowest BCUT2D eigenvalue weighted by Crippen LogP contribution is -2.53. The Morgan fingerprint density at radius 3 is 2.36 bits per heavy atom. The van der Waals surface area contributed by atoms with Gasteiger partial charge in [-0.15, -0.1) is 0 Å². The summed E-state index contributed by atoms with van der Waals surface area (Å²) in [5.41, 5.74) is -1.00. The van der Waals surface area contributed by atoms with Crippen molar-refractivity contribution >= 4 is 17.3 Å². The molecule has 0 heterocycles. The molecular formula is C17H20O5. The molecule has 5 heteroatoms. The molecule has 0 unspecified atom stereocenters. The highest BCUT2D eigenvalue weighted by atomic mass is 16.3. The van der Waals surface area contributed by atoms with Gasteiger partial charge in [0.05, 0.1) is 17.4 Å². The SMILES string of the molecule is CC(=O)[C@@H]1C(=O)C[C@](C)(O)[C@H](C(C)=O)[C@@H]1c1cccc(O)c1. The van der Waals surface area contributed by atoms with Gasteiger partial charge in [-0.2, -0.15) is 0 Å². The molecule has 0 radical (unpaired) electrons. The van der Waals surface area contributed by atoms with E-state index < -0.39 is 23.4 Å². The number of carbonyl (C=O) groups excluding carboxylic acids is 3. The monoisotopic (exact) mass is 304 g/mol. The van der Waals surface area contributed by atoms with Crippen molar-refractivity contribution in [1.82, 2.24) is 0 Å². The van der Waals surface area contributed by atoms with E-state index in [-0.39, 0.29) is 29.5 Å². The standard InChI is InChI=1S/C17H20O5/c1-9(18)14-13(21)8-17(3,22)16(10(2)19)15(14)11-5-4-6-12(20)7-11/h4-7,14-16,20,22H,8H2,1-3H3/t14-,15-,16-,17+/m1/s1. The zero-order valence-corrected chi connectivity index (χ0v) is 12.9. The molecule has 0 aromatic heterocycles. The summed E-state index contributed by atoms with van der Waals surface area (Å²) in [6, 6.07) is 6.15. The summed E-state index contributed by atoms with van der Waals surface area (Å²) in [5.74, 6) is -3.62. The quantitative estimate of drug-likeness (QED) is 0.828. The summed E-state index contributed by atoms with van der Waals surface area (Å²) in [5, 5.41) is 20.2. The summed E-state index contributed by atoms with van der Waals surface area (Å²) >= 11 is 0. The molecule has 2 N–H and O–H groups in total. The average molecular weight is 304 g/mol. The van der Waals surface area contributed by atoms with E-state index in [9.17, 15) is 24.6 Å². The molecule has 5 nitrogen and oxygen atoms in total. The molecule has 1 aromatic rings. The maximum absolute atomic E-state index is 12.3. The van der Waals surface area contributed by atoms with Crippen molar-refractivity contribution in [3.05, 3.63) is 29.8 Å². The highest BCUT2D eigenvalue weighted by Crippen LogP contribution is 2.46. The van der Waals surface area contributed by atoms with Gasteiger partial charge in [0.25, 0.3) is 0 Å². The average Bonchev–Trinajstić information content (AvgIpc) is 2.35. The van der Waals surface area contributed by atoms with E-state index in [1.165, 1.54) is 32.9 Å². The van der Waals surface area contributed by atoms with Gasteiger partial charge in [0.1, 0.15) is 23.1 Å². The molecule has 1 fully saturated rings. The van der Waals surface area contributed by atoms with E-state index in [2.05, 4.69) is 0 Å². The Kier molecular flexibility index (Phi) is 4.20. The van der Waals surface area contributed by atoms with Crippen LogP contribution in [0.1, 0.15) is 38.7 Å². The number of Topliss-reactive ketones (excluding diaryl/α,β-unsaturated/α-hetero) is 3. The lowest BCUT2D eigenvalue weighted by atomic mass is 9.60. The molecule has 0 saturated heterocycles. The summed E-state index contributed by atoms with van der Waals surface area (Å²) in [6.45, 7) is 4.11. The maximum atomic E-state index is 12.3. The number of aromatic hydroxyl groups is 1. The second-order valence-electron chi connectivity index (χ2n) is 6.30. The van der Waals surface area contributed by atoms with Crippen molar-refractivity contribution in [2.75, 3.05) is 0 Å². The molecule has 1 saturated carbocycles. The van der Waals surface area contributed by atoms with Crippen molar-refractivity contribution in [2.45, 2.75) is 38.7 Å². The van der Waals surface area contributed by atoms with Gasteiger partial charge in [0, 0.05) is 12.3 Å². The Hall–Kier alpha value is -2.01. The molecule has 1 aliphatic carbocycles. The Morgan fingerprint density at radius 2 is 1.86 bits per heavy atom. The fourth-order valence-electron chi connectivity index (χ4n) is 3.64. The summed E-state index contributed by atoms with van der Waals surface area (Å²) in [6.07, 6.45) is -0.225. The van der Waals surface area contributed by atoms with Crippen LogP contribution in [0, 0.1) is 11.8 Å². The van der Waals surface area contributed by atoms with Crippen molar-refractivity contribution < 1.29 is 24.6 Å². The highest BCUT2D eigenvalue weighted by molar-refractivity contribution is 6.05. The number of benzene rings is 1. The van der Waals surface area contributed by atoms with Crippen molar-refractivity contribution in [3.63, 3.8) is 0 Å². The number of aliphatic hydroxyl groups is 1. The first-order chi connectivity index (χ1) is 10.1. The van der Waals surface area contributed by atoms with E-state index in [4.69, 9.17) is 0 Å². The van der Waals surface area contributed by atoms with Crippen LogP contribution in [-0.2, 0) is 14.4 Å². The van der Waals surface area contributed by atoms with Crippen molar-refractivity contribution in [3.8, 4) is 5.75 Å². The minimum atomic E-state index is -1.51. The number of phenols is 1. The van der Waals surface area contributed by atoms with Crippen LogP contribution in [-0.4, -0.2) is 33.2 Å². The van der Waals surface area contributed by atoms with Crippen LogP contribution < -0.4 is 0 Å². The molecule has 22 heavy (non-hydrogen) atoms. The number of phenolic OH excluding ortho intramolecular Hbond substituents is 1. The zero-order chi connectivity index (χ0) is 16.7. The molecule has 2 rings (SSSR count). The van der Waals surface area contributed by atoms with Gasteiger partial charge < -0.3 is 10.2 Å². The van der Waals surface area contributed by atoms with E-state index in [1.54, 1.807) is 12.1 Å². The van der Waals surface area contributed by atoms with Crippen LogP contribution in [0.4, 0.5) is 0 Å². The van der Waals surface area contributed by atoms with Crippen LogP contribution >= 0.6 is 0 Å². The fraction of sp³-hybridized carbons (Fsp3) is 0.471. The predicted molar refractivity (Wildman–Crippen MR) is 79.4 cm³/mol. The van der Waals surface area contributed by atoms with Gasteiger partial charge in [0.2, 0.25) is 0 Å². The Labute approximate surface area is 129 Å². The lowest BCUT2D eigenvalue weighted by molar-refractivity contribution is -0.151. The Morgan fingerprint density at radius 1 is 1.23 bits per heavy atom. The summed E-state index contributed by atoms with van der Waals surface area (Å²) in [4.78, 5) is 36.4. The number of hydrogen-bond acceptors (Lipinski definition) is 5. The number of ketones is 3. The van der Waals surface area contributed by atoms with E-state index >= 15 is 0 Å². The first-order valence-corrected chi connectivity index (χ1v) is 7.20. The number of rotatable bonds is 3. The van der Waals surface area contributed by atoms with Gasteiger partial charge in [0.15, 0.2) is 0 Å². The summed E-state index contributed by atoms with van der Waals surface area (Å²) < 4.78 is 0. The summed E-state index contributed by atoms with van der Waals surface area (Å²) in [7, 11) is 0. The van der Waals surface area contributed by atoms with Crippen LogP contribution in [0.2, 0.25) is 0 Å². The minimum Gasteiger partial charge on any atom is -0.508 e. The van der Waals surface area contributed by atoms with Crippen molar-refractivity contribution in [2.24, 2.45) is 11.8 Å². The van der Waals surface area contributed by atoms with Crippen LogP contribution in [0.5, 0.6) is 5.75 Å². The molecule has 0 spiro atoms. The molecular weight excluding hydrogens is 284 g/mol. The molecule has 4 atom stereocenters. The van der Waals surface area contributed by atoms with E-state index in [0.29, 0.717) is 5.56 Å². The third kappa shape index (κ3) is 2.81. The molecule has 1 aliphatic rings. The minimum absolute atomic E-state index is 0.0141. The predicted octanol–water partition coefficient (Wildman–Crippen LogP) is 1.61.